The van der Waals surface area contributed by atoms with Gasteiger partial charge in [0, 0.05) is 24.8 Å². The van der Waals surface area contributed by atoms with Crippen LogP contribution < -0.4 is 4.90 Å². The number of hydrogen-bond acceptors (Lipinski definition) is 3. The van der Waals surface area contributed by atoms with Crippen LogP contribution in [0.2, 0.25) is 0 Å². The molecular weight excluding hydrogens is 150 g/mol. The first-order valence-electron chi connectivity index (χ1n) is 4.31. The molecule has 1 aromatic rings. The third kappa shape index (κ3) is 1.72. The fourth-order valence-electron chi connectivity index (χ4n) is 1.25. The first-order valence-corrected chi connectivity index (χ1v) is 4.31. The molecule has 0 radical (unpaired) electrons. The van der Waals surface area contributed by atoms with Gasteiger partial charge in [0.05, 0.1) is 0 Å². The Morgan fingerprint density at radius 1 is 1.33 bits per heavy atom. The Kier molecular flexibility index (Phi) is 3.02. The quantitative estimate of drug-likeness (QED) is 0.681. The standard InChI is InChI=1S/C9H15N3/c1-4-12(5-2)9-8(3)6-10-7-11-9/h6-7H,4-5H2,1-3H3. The molecule has 0 N–H and O–H groups in total. The highest BCUT2D eigenvalue weighted by Gasteiger charge is 2.05. The predicted octanol–water partition coefficient (Wildman–Crippen LogP) is 1.63. The van der Waals surface area contributed by atoms with Gasteiger partial charge in [-0.15, -0.1) is 0 Å². The smallest absolute Gasteiger partial charge is 0.134 e. The second-order valence-corrected chi connectivity index (χ2v) is 2.70. The van der Waals surface area contributed by atoms with Crippen molar-refractivity contribution in [3.8, 4) is 0 Å². The van der Waals surface area contributed by atoms with Gasteiger partial charge in [0.15, 0.2) is 0 Å². The predicted molar refractivity (Wildman–Crippen MR) is 50.3 cm³/mol. The van der Waals surface area contributed by atoms with Crippen LogP contribution in [0.4, 0.5) is 5.82 Å². The second-order valence-electron chi connectivity index (χ2n) is 2.70. The maximum absolute atomic E-state index is 4.24. The molecule has 0 saturated heterocycles. The summed E-state index contributed by atoms with van der Waals surface area (Å²) in [5, 5.41) is 0. The van der Waals surface area contributed by atoms with Gasteiger partial charge in [-0.2, -0.15) is 0 Å². The monoisotopic (exact) mass is 165 g/mol. The van der Waals surface area contributed by atoms with E-state index in [1.54, 1.807) is 6.33 Å². The lowest BCUT2D eigenvalue weighted by atomic mass is 10.3. The fourth-order valence-corrected chi connectivity index (χ4v) is 1.25. The van der Waals surface area contributed by atoms with Crippen molar-refractivity contribution >= 4 is 5.82 Å². The summed E-state index contributed by atoms with van der Waals surface area (Å²) in [5.74, 6) is 1.05. The molecule has 0 amide bonds. The number of aromatic nitrogens is 2. The van der Waals surface area contributed by atoms with E-state index in [1.807, 2.05) is 13.1 Å². The van der Waals surface area contributed by atoms with E-state index < -0.39 is 0 Å². The number of hydrogen-bond donors (Lipinski definition) is 0. The molecule has 3 nitrogen and oxygen atoms in total. The van der Waals surface area contributed by atoms with E-state index in [9.17, 15) is 0 Å². The van der Waals surface area contributed by atoms with E-state index in [4.69, 9.17) is 0 Å². The number of rotatable bonds is 3. The Morgan fingerprint density at radius 2 is 2.00 bits per heavy atom. The van der Waals surface area contributed by atoms with Crippen LogP contribution >= 0.6 is 0 Å². The Balaban J connectivity index is 2.92. The van der Waals surface area contributed by atoms with Gasteiger partial charge in [-0.1, -0.05) is 0 Å². The van der Waals surface area contributed by atoms with E-state index in [-0.39, 0.29) is 0 Å². The van der Waals surface area contributed by atoms with Crippen LogP contribution in [-0.4, -0.2) is 23.1 Å². The van der Waals surface area contributed by atoms with Crippen molar-refractivity contribution in [3.63, 3.8) is 0 Å². The summed E-state index contributed by atoms with van der Waals surface area (Å²) >= 11 is 0. The van der Waals surface area contributed by atoms with E-state index in [0.29, 0.717) is 0 Å². The van der Waals surface area contributed by atoms with Crippen molar-refractivity contribution in [3.05, 3.63) is 18.1 Å². The lowest BCUT2D eigenvalue weighted by Crippen LogP contribution is -2.23. The molecule has 0 aliphatic rings. The molecular formula is C9H15N3. The maximum Gasteiger partial charge on any atom is 0.134 e. The number of nitrogens with zero attached hydrogens (tertiary/aromatic N) is 3. The highest BCUT2D eigenvalue weighted by Crippen LogP contribution is 2.13. The molecule has 0 saturated carbocycles. The van der Waals surface area contributed by atoms with Crippen molar-refractivity contribution in [1.29, 1.82) is 0 Å². The minimum atomic E-state index is 0.994. The van der Waals surface area contributed by atoms with Crippen LogP contribution in [0.25, 0.3) is 0 Å². The first-order chi connectivity index (χ1) is 5.79. The topological polar surface area (TPSA) is 29.0 Å². The van der Waals surface area contributed by atoms with Crippen LogP contribution in [0, 0.1) is 6.92 Å². The minimum absolute atomic E-state index is 0.994. The van der Waals surface area contributed by atoms with Crippen LogP contribution in [-0.2, 0) is 0 Å². The largest absolute Gasteiger partial charge is 0.357 e. The molecule has 0 bridgehead atoms. The molecule has 12 heavy (non-hydrogen) atoms. The third-order valence-corrected chi connectivity index (χ3v) is 1.93. The van der Waals surface area contributed by atoms with E-state index in [1.165, 1.54) is 0 Å². The van der Waals surface area contributed by atoms with Crippen LogP contribution in [0.3, 0.4) is 0 Å². The van der Waals surface area contributed by atoms with E-state index in [0.717, 1.165) is 24.5 Å². The zero-order valence-corrected chi connectivity index (χ0v) is 7.91. The van der Waals surface area contributed by atoms with E-state index in [2.05, 4.69) is 28.7 Å². The summed E-state index contributed by atoms with van der Waals surface area (Å²) in [7, 11) is 0. The van der Waals surface area contributed by atoms with Crippen molar-refractivity contribution < 1.29 is 0 Å². The van der Waals surface area contributed by atoms with E-state index >= 15 is 0 Å². The van der Waals surface area contributed by atoms with Gasteiger partial charge in [-0.3, -0.25) is 0 Å². The van der Waals surface area contributed by atoms with Crippen LogP contribution in [0.15, 0.2) is 12.5 Å². The lowest BCUT2D eigenvalue weighted by molar-refractivity contribution is 0.835. The van der Waals surface area contributed by atoms with Gasteiger partial charge in [-0.25, -0.2) is 9.97 Å². The molecule has 0 aliphatic heterocycles. The number of aryl methyl sites for hydroxylation is 1. The average molecular weight is 165 g/mol. The summed E-state index contributed by atoms with van der Waals surface area (Å²) in [6.45, 7) is 8.28. The van der Waals surface area contributed by atoms with Gasteiger partial charge in [-0.05, 0) is 20.8 Å². The molecule has 66 valence electrons. The number of anilines is 1. The van der Waals surface area contributed by atoms with Crippen molar-refractivity contribution in [2.45, 2.75) is 20.8 Å². The Hall–Kier alpha value is -1.12. The molecule has 1 heterocycles. The highest BCUT2D eigenvalue weighted by molar-refractivity contribution is 5.43. The second kappa shape index (κ2) is 4.04. The van der Waals surface area contributed by atoms with Crippen LogP contribution in [0.5, 0.6) is 0 Å². The molecule has 3 heteroatoms. The van der Waals surface area contributed by atoms with Crippen molar-refractivity contribution in [2.24, 2.45) is 0 Å². The maximum atomic E-state index is 4.24. The van der Waals surface area contributed by atoms with Crippen molar-refractivity contribution in [1.82, 2.24) is 9.97 Å². The van der Waals surface area contributed by atoms with Gasteiger partial charge in [0.25, 0.3) is 0 Å². The molecule has 1 aromatic heterocycles. The first kappa shape index (κ1) is 8.97. The third-order valence-electron chi connectivity index (χ3n) is 1.93. The SMILES string of the molecule is CCN(CC)c1ncncc1C. The summed E-state index contributed by atoms with van der Waals surface area (Å²) in [5.41, 5.74) is 1.14. The van der Waals surface area contributed by atoms with Crippen molar-refractivity contribution in [2.75, 3.05) is 18.0 Å². The van der Waals surface area contributed by atoms with Crippen LogP contribution in [0.1, 0.15) is 19.4 Å². The minimum Gasteiger partial charge on any atom is -0.357 e. The van der Waals surface area contributed by atoms with Gasteiger partial charge in [0.2, 0.25) is 0 Å². The highest BCUT2D eigenvalue weighted by atomic mass is 15.2. The lowest BCUT2D eigenvalue weighted by Gasteiger charge is -2.20. The molecule has 0 spiro atoms. The zero-order valence-electron chi connectivity index (χ0n) is 7.91. The fraction of sp³-hybridized carbons (Fsp3) is 0.556. The molecule has 0 aromatic carbocycles. The normalized spacial score (nSPS) is 9.92. The summed E-state index contributed by atoms with van der Waals surface area (Å²) < 4.78 is 0. The molecule has 0 atom stereocenters. The Labute approximate surface area is 73.5 Å². The molecule has 0 fully saturated rings. The average Bonchev–Trinajstić information content (AvgIpc) is 2.10. The summed E-state index contributed by atoms with van der Waals surface area (Å²) in [4.78, 5) is 10.4. The molecule has 1 rings (SSSR count). The van der Waals surface area contributed by atoms with Gasteiger partial charge < -0.3 is 4.90 Å². The zero-order chi connectivity index (χ0) is 8.97. The summed E-state index contributed by atoms with van der Waals surface area (Å²) in [6, 6.07) is 0. The molecule has 0 aliphatic carbocycles. The Morgan fingerprint density at radius 3 is 2.50 bits per heavy atom. The van der Waals surface area contributed by atoms with Gasteiger partial charge in [0.1, 0.15) is 12.1 Å². The Bertz CT molecular complexity index is 243. The molecule has 0 unspecified atom stereocenters. The van der Waals surface area contributed by atoms with Gasteiger partial charge >= 0.3 is 0 Å². The summed E-state index contributed by atoms with van der Waals surface area (Å²) in [6.07, 6.45) is 3.45.